The van der Waals surface area contributed by atoms with E-state index in [4.69, 9.17) is 9.26 Å². The van der Waals surface area contributed by atoms with Crippen LogP contribution >= 0.6 is 0 Å². The number of rotatable bonds is 3. The van der Waals surface area contributed by atoms with Crippen molar-refractivity contribution in [2.75, 3.05) is 25.1 Å². The van der Waals surface area contributed by atoms with Crippen LogP contribution in [0.2, 0.25) is 0 Å². The predicted molar refractivity (Wildman–Crippen MR) is 73.5 cm³/mol. The summed E-state index contributed by atoms with van der Waals surface area (Å²) in [6, 6.07) is 1.86. The molecule has 21 heavy (non-hydrogen) atoms. The number of aromatic nitrogens is 1. The third-order valence-corrected chi connectivity index (χ3v) is 4.04. The minimum absolute atomic E-state index is 0.0541. The molecule has 3 rings (SSSR count). The summed E-state index contributed by atoms with van der Waals surface area (Å²) in [5.41, 5.74) is 0. The van der Waals surface area contributed by atoms with Crippen LogP contribution in [-0.2, 0) is 14.3 Å². The summed E-state index contributed by atoms with van der Waals surface area (Å²) in [4.78, 5) is 26.2. The van der Waals surface area contributed by atoms with Crippen molar-refractivity contribution in [1.82, 2.24) is 10.1 Å². The third kappa shape index (κ3) is 3.07. The van der Waals surface area contributed by atoms with Gasteiger partial charge in [-0.2, -0.15) is 0 Å². The Balaban J connectivity index is 1.59. The fourth-order valence-corrected chi connectivity index (χ4v) is 2.91. The normalized spacial score (nSPS) is 23.6. The van der Waals surface area contributed by atoms with Gasteiger partial charge >= 0.3 is 0 Å². The van der Waals surface area contributed by atoms with Gasteiger partial charge in [0.05, 0.1) is 5.92 Å². The summed E-state index contributed by atoms with van der Waals surface area (Å²) >= 11 is 0. The lowest BCUT2D eigenvalue weighted by molar-refractivity contribution is -0.131. The maximum absolute atomic E-state index is 12.2. The van der Waals surface area contributed by atoms with Gasteiger partial charge in [0.1, 0.15) is 5.76 Å². The second kappa shape index (κ2) is 5.85. The van der Waals surface area contributed by atoms with Gasteiger partial charge in [-0.05, 0) is 19.8 Å². The number of hydrogen-bond acceptors (Lipinski definition) is 5. The first-order valence-corrected chi connectivity index (χ1v) is 7.25. The zero-order valence-corrected chi connectivity index (χ0v) is 12.0. The molecule has 2 amide bonds. The standard InChI is InChI=1S/C14H19N3O4/c1-9-6-12(16-21-9)15-14(19)10-7-13(18)17(8-10)11-2-4-20-5-3-11/h6,10-11H,2-5,7-8H2,1H3,(H,15,16,19). The molecule has 2 fully saturated rings. The average molecular weight is 293 g/mol. The van der Waals surface area contributed by atoms with Gasteiger partial charge in [-0.15, -0.1) is 0 Å². The van der Waals surface area contributed by atoms with Crippen molar-refractivity contribution in [2.45, 2.75) is 32.2 Å². The van der Waals surface area contributed by atoms with E-state index in [0.717, 1.165) is 12.8 Å². The third-order valence-electron chi connectivity index (χ3n) is 4.04. The second-order valence-corrected chi connectivity index (χ2v) is 5.60. The molecule has 2 aliphatic heterocycles. The van der Waals surface area contributed by atoms with Crippen molar-refractivity contribution in [3.8, 4) is 0 Å². The fourth-order valence-electron chi connectivity index (χ4n) is 2.91. The molecule has 7 heteroatoms. The van der Waals surface area contributed by atoms with E-state index in [-0.39, 0.29) is 30.2 Å². The summed E-state index contributed by atoms with van der Waals surface area (Å²) < 4.78 is 10.2. The number of nitrogens with zero attached hydrogens (tertiary/aromatic N) is 2. The lowest BCUT2D eigenvalue weighted by Gasteiger charge is -2.31. The van der Waals surface area contributed by atoms with Gasteiger partial charge < -0.3 is 19.5 Å². The van der Waals surface area contributed by atoms with E-state index in [2.05, 4.69) is 10.5 Å². The molecule has 0 radical (unpaired) electrons. The molecular weight excluding hydrogens is 274 g/mol. The van der Waals surface area contributed by atoms with Gasteiger partial charge in [-0.25, -0.2) is 0 Å². The Kier molecular flexibility index (Phi) is 3.92. The van der Waals surface area contributed by atoms with Crippen LogP contribution in [0.1, 0.15) is 25.0 Å². The van der Waals surface area contributed by atoms with Crippen molar-refractivity contribution >= 4 is 17.6 Å². The van der Waals surface area contributed by atoms with E-state index in [1.807, 2.05) is 4.90 Å². The molecule has 1 N–H and O–H groups in total. The topological polar surface area (TPSA) is 84.7 Å². The average Bonchev–Trinajstić information content (AvgIpc) is 3.06. The monoisotopic (exact) mass is 293 g/mol. The molecule has 0 aromatic carbocycles. The molecule has 0 bridgehead atoms. The smallest absolute Gasteiger partial charge is 0.231 e. The van der Waals surface area contributed by atoms with Crippen LogP contribution in [0.5, 0.6) is 0 Å². The largest absolute Gasteiger partial charge is 0.381 e. The van der Waals surface area contributed by atoms with Gasteiger partial charge in [0.2, 0.25) is 11.8 Å². The zero-order chi connectivity index (χ0) is 14.8. The summed E-state index contributed by atoms with van der Waals surface area (Å²) in [6.45, 7) is 3.61. The molecule has 0 spiro atoms. The molecule has 3 heterocycles. The van der Waals surface area contributed by atoms with E-state index in [1.54, 1.807) is 13.0 Å². The highest BCUT2D eigenvalue weighted by molar-refractivity contribution is 5.96. The van der Waals surface area contributed by atoms with Crippen LogP contribution in [0, 0.1) is 12.8 Å². The van der Waals surface area contributed by atoms with Crippen molar-refractivity contribution < 1.29 is 18.8 Å². The van der Waals surface area contributed by atoms with Crippen LogP contribution < -0.4 is 5.32 Å². The number of carbonyl (C=O) groups excluding carboxylic acids is 2. The molecule has 0 saturated carbocycles. The Morgan fingerprint density at radius 3 is 2.86 bits per heavy atom. The number of hydrogen-bond donors (Lipinski definition) is 1. The fraction of sp³-hybridized carbons (Fsp3) is 0.643. The van der Waals surface area contributed by atoms with Gasteiger partial charge in [-0.3, -0.25) is 9.59 Å². The highest BCUT2D eigenvalue weighted by Crippen LogP contribution is 2.25. The van der Waals surface area contributed by atoms with Gasteiger partial charge in [0.15, 0.2) is 5.82 Å². The van der Waals surface area contributed by atoms with Gasteiger partial charge in [0, 0.05) is 38.3 Å². The van der Waals surface area contributed by atoms with E-state index in [1.165, 1.54) is 0 Å². The lowest BCUT2D eigenvalue weighted by Crippen LogP contribution is -2.41. The highest BCUT2D eigenvalue weighted by atomic mass is 16.5. The molecule has 2 aliphatic rings. The van der Waals surface area contributed by atoms with Crippen LogP contribution in [0.15, 0.2) is 10.6 Å². The first-order valence-electron chi connectivity index (χ1n) is 7.25. The van der Waals surface area contributed by atoms with Crippen LogP contribution in [0.3, 0.4) is 0 Å². The van der Waals surface area contributed by atoms with E-state index >= 15 is 0 Å². The maximum Gasteiger partial charge on any atom is 0.231 e. The summed E-state index contributed by atoms with van der Waals surface area (Å²) in [6.07, 6.45) is 1.96. The summed E-state index contributed by atoms with van der Waals surface area (Å²) in [5, 5.41) is 6.43. The van der Waals surface area contributed by atoms with E-state index in [9.17, 15) is 9.59 Å². The van der Waals surface area contributed by atoms with Crippen molar-refractivity contribution in [3.05, 3.63) is 11.8 Å². The van der Waals surface area contributed by atoms with Crippen molar-refractivity contribution in [1.29, 1.82) is 0 Å². The number of likely N-dealkylation sites (tertiary alicyclic amines) is 1. The minimum Gasteiger partial charge on any atom is -0.381 e. The molecular formula is C14H19N3O4. The first-order chi connectivity index (χ1) is 10.1. The van der Waals surface area contributed by atoms with E-state index in [0.29, 0.717) is 31.3 Å². The lowest BCUT2D eigenvalue weighted by atomic mass is 10.1. The molecule has 1 aromatic heterocycles. The van der Waals surface area contributed by atoms with E-state index < -0.39 is 0 Å². The number of ether oxygens (including phenoxy) is 1. The Hall–Kier alpha value is -1.89. The molecule has 0 aliphatic carbocycles. The van der Waals surface area contributed by atoms with Crippen LogP contribution in [-0.4, -0.2) is 47.7 Å². The number of aryl methyl sites for hydroxylation is 1. The Morgan fingerprint density at radius 2 is 2.19 bits per heavy atom. The predicted octanol–water partition coefficient (Wildman–Crippen LogP) is 0.949. The maximum atomic E-state index is 12.2. The SMILES string of the molecule is Cc1cc(NC(=O)C2CC(=O)N(C3CCOCC3)C2)no1. The molecule has 1 atom stereocenters. The Bertz CT molecular complexity index is 536. The highest BCUT2D eigenvalue weighted by Gasteiger charge is 2.38. The van der Waals surface area contributed by atoms with Crippen LogP contribution in [0.25, 0.3) is 0 Å². The Labute approximate surface area is 122 Å². The second-order valence-electron chi connectivity index (χ2n) is 5.60. The summed E-state index contributed by atoms with van der Waals surface area (Å²) in [5.74, 6) is 0.591. The molecule has 1 aromatic rings. The minimum atomic E-state index is -0.322. The van der Waals surface area contributed by atoms with Crippen molar-refractivity contribution in [3.63, 3.8) is 0 Å². The molecule has 1 unspecified atom stereocenters. The molecule has 2 saturated heterocycles. The quantitative estimate of drug-likeness (QED) is 0.897. The summed E-state index contributed by atoms with van der Waals surface area (Å²) in [7, 11) is 0. The molecule has 7 nitrogen and oxygen atoms in total. The zero-order valence-electron chi connectivity index (χ0n) is 12.0. The first kappa shape index (κ1) is 14.1. The van der Waals surface area contributed by atoms with Crippen molar-refractivity contribution in [2.24, 2.45) is 5.92 Å². The Morgan fingerprint density at radius 1 is 1.43 bits per heavy atom. The van der Waals surface area contributed by atoms with Gasteiger partial charge in [0.25, 0.3) is 0 Å². The molecule has 114 valence electrons. The number of nitrogens with one attached hydrogen (secondary N) is 1. The van der Waals surface area contributed by atoms with Gasteiger partial charge in [-0.1, -0.05) is 5.16 Å². The van der Waals surface area contributed by atoms with Crippen LogP contribution in [0.4, 0.5) is 5.82 Å². The number of carbonyl (C=O) groups is 2. The number of amides is 2. The number of anilines is 1.